The third kappa shape index (κ3) is 7.44. The van der Waals surface area contributed by atoms with E-state index in [4.69, 9.17) is 15.1 Å². The highest BCUT2D eigenvalue weighted by Gasteiger charge is 2.37. The van der Waals surface area contributed by atoms with Crippen molar-refractivity contribution < 1.29 is 34.6 Å². The Kier molecular flexibility index (Phi) is 9.06. The molecule has 11 nitrogen and oxygen atoms in total. The molecule has 5 N–H and O–H groups in total. The van der Waals surface area contributed by atoms with Gasteiger partial charge in [0.2, 0.25) is 5.91 Å². The molecule has 164 valence electrons. The molecule has 12 heteroatoms. The molecule has 2 amide bonds. The number of likely N-dealkylation sites (tertiary alicyclic amines) is 1. The van der Waals surface area contributed by atoms with Crippen molar-refractivity contribution in [3.63, 3.8) is 0 Å². The van der Waals surface area contributed by atoms with Gasteiger partial charge >= 0.3 is 13.3 Å². The van der Waals surface area contributed by atoms with Gasteiger partial charge in [-0.15, -0.1) is 0 Å². The van der Waals surface area contributed by atoms with E-state index < -0.39 is 37.2 Å². The Hall–Kier alpha value is -3.35. The van der Waals surface area contributed by atoms with Crippen LogP contribution < -0.4 is 5.32 Å². The minimum absolute atomic E-state index is 0.0968. The first-order valence-electron chi connectivity index (χ1n) is 9.48. The second kappa shape index (κ2) is 11.7. The first-order chi connectivity index (χ1) is 14.8. The molecule has 31 heavy (non-hydrogen) atoms. The average molecular weight is 430 g/mol. The number of hydrogen-bond acceptors (Lipinski definition) is 8. The van der Waals surface area contributed by atoms with Crippen LogP contribution >= 0.6 is 0 Å². The summed E-state index contributed by atoms with van der Waals surface area (Å²) in [6.45, 7) is 0.363. The number of aliphatic carboxylic acids is 1. The van der Waals surface area contributed by atoms with E-state index in [0.717, 1.165) is 5.56 Å². The van der Waals surface area contributed by atoms with Crippen LogP contribution in [0.25, 0.3) is 0 Å². The number of carbonyl (C=O) groups excluding carboxylic acids is 2. The van der Waals surface area contributed by atoms with Gasteiger partial charge in [-0.1, -0.05) is 30.3 Å². The molecule has 1 aliphatic heterocycles. The van der Waals surface area contributed by atoms with Gasteiger partial charge in [0.15, 0.2) is 0 Å². The molecule has 0 aliphatic carbocycles. The molecule has 2 heterocycles. The van der Waals surface area contributed by atoms with E-state index in [0.29, 0.717) is 19.4 Å². The molecule has 1 fully saturated rings. The van der Waals surface area contributed by atoms with Crippen LogP contribution in [0.4, 0.5) is 0 Å². The molecule has 2 atom stereocenters. The molecule has 0 bridgehead atoms. The maximum absolute atomic E-state index is 13.0. The Balaban J connectivity index is 0.000000785. The van der Waals surface area contributed by atoms with Gasteiger partial charge < -0.3 is 30.4 Å². The molecule has 0 spiro atoms. The molecule has 0 radical (unpaired) electrons. The molecule has 0 saturated carbocycles. The first-order valence-corrected chi connectivity index (χ1v) is 9.48. The maximum atomic E-state index is 13.0. The predicted octanol–water partition coefficient (Wildman–Crippen LogP) is -1.16. The number of benzene rings is 1. The summed E-state index contributed by atoms with van der Waals surface area (Å²) in [6.07, 6.45) is 5.45. The summed E-state index contributed by atoms with van der Waals surface area (Å²) >= 11 is 0. The number of hydrogen-bond donors (Lipinski definition) is 5. The summed E-state index contributed by atoms with van der Waals surface area (Å²) in [4.78, 5) is 46.1. The van der Waals surface area contributed by atoms with Gasteiger partial charge in [0.25, 0.3) is 5.91 Å². The summed E-state index contributed by atoms with van der Waals surface area (Å²) < 4.78 is 0. The Morgan fingerprint density at radius 3 is 2.42 bits per heavy atom. The second-order valence-corrected chi connectivity index (χ2v) is 6.68. The van der Waals surface area contributed by atoms with Gasteiger partial charge in [-0.2, -0.15) is 0 Å². The van der Waals surface area contributed by atoms with E-state index in [-0.39, 0.29) is 12.1 Å². The third-order valence-corrected chi connectivity index (χ3v) is 4.50. The smallest absolute Gasteiger partial charge is 0.480 e. The number of amides is 2. The molecule has 2 aromatic rings. The van der Waals surface area contributed by atoms with Gasteiger partial charge in [-0.3, -0.25) is 14.6 Å². The van der Waals surface area contributed by atoms with E-state index in [1.807, 2.05) is 30.3 Å². The summed E-state index contributed by atoms with van der Waals surface area (Å²) in [5, 5.41) is 33.6. The number of nitrogens with zero attached hydrogens (tertiary/aromatic N) is 3. The molecule has 1 aromatic heterocycles. The van der Waals surface area contributed by atoms with Crippen molar-refractivity contribution in [1.82, 2.24) is 20.2 Å². The number of carboxylic acids is 1. The van der Waals surface area contributed by atoms with Crippen molar-refractivity contribution >= 4 is 25.1 Å². The molecule has 1 aromatic carbocycles. The Morgan fingerprint density at radius 2 is 1.84 bits per heavy atom. The highest BCUT2D eigenvalue weighted by molar-refractivity contribution is 6.30. The van der Waals surface area contributed by atoms with E-state index in [9.17, 15) is 19.5 Å². The van der Waals surface area contributed by atoms with Gasteiger partial charge in [0.1, 0.15) is 17.8 Å². The van der Waals surface area contributed by atoms with Crippen molar-refractivity contribution in [1.29, 1.82) is 0 Å². The highest BCUT2D eigenvalue weighted by Crippen LogP contribution is 2.19. The average Bonchev–Trinajstić information content (AvgIpc) is 3.24. The van der Waals surface area contributed by atoms with Crippen LogP contribution in [0.3, 0.4) is 0 Å². The quantitative estimate of drug-likeness (QED) is 0.354. The molecule has 1 saturated heterocycles. The van der Waals surface area contributed by atoms with Crippen molar-refractivity contribution in [2.75, 3.05) is 6.54 Å². The minimum Gasteiger partial charge on any atom is -0.480 e. The van der Waals surface area contributed by atoms with Crippen LogP contribution in [0.1, 0.15) is 28.9 Å². The first kappa shape index (κ1) is 23.9. The summed E-state index contributed by atoms with van der Waals surface area (Å²) in [7, 11) is -2.17. The zero-order valence-corrected chi connectivity index (χ0v) is 16.5. The second-order valence-electron chi connectivity index (χ2n) is 6.68. The Morgan fingerprint density at radius 1 is 1.16 bits per heavy atom. The lowest BCUT2D eigenvalue weighted by atomic mass is 10.0. The third-order valence-electron chi connectivity index (χ3n) is 4.50. The van der Waals surface area contributed by atoms with Crippen LogP contribution in [0.2, 0.25) is 0 Å². The van der Waals surface area contributed by atoms with E-state index in [2.05, 4.69) is 15.3 Å². The fourth-order valence-corrected chi connectivity index (χ4v) is 3.19. The van der Waals surface area contributed by atoms with Gasteiger partial charge in [-0.05, 0) is 18.4 Å². The standard InChI is InChI=1S/C19H20N4O4.BH3O3/c24-17(15-12-20-8-9-21-15)22-14(11-13-5-2-1-3-6-13)18(25)23-10-4-7-16(23)19(26)27;2-1(3)4/h1-3,5-6,8-9,12,14,16H,4,7,10-11H2,(H,22,24)(H,26,27);2-4H/t14?,16-;/m0./s1. The number of carboxylic acid groups (broad SMARTS) is 1. The lowest BCUT2D eigenvalue weighted by Crippen LogP contribution is -2.52. The lowest BCUT2D eigenvalue weighted by molar-refractivity contribution is -0.148. The zero-order valence-electron chi connectivity index (χ0n) is 16.5. The number of aromatic nitrogens is 2. The molecule has 1 aliphatic rings. The van der Waals surface area contributed by atoms with E-state index in [1.165, 1.54) is 23.5 Å². The highest BCUT2D eigenvalue weighted by atomic mass is 16.5. The van der Waals surface area contributed by atoms with Crippen molar-refractivity contribution in [2.24, 2.45) is 0 Å². The van der Waals surface area contributed by atoms with Crippen LogP contribution in [-0.2, 0) is 16.0 Å². The molecule has 3 rings (SSSR count). The fraction of sp³-hybridized carbons (Fsp3) is 0.316. The van der Waals surface area contributed by atoms with Crippen LogP contribution in [0.15, 0.2) is 48.9 Å². The summed E-state index contributed by atoms with van der Waals surface area (Å²) in [5.74, 6) is -1.95. The number of rotatable bonds is 6. The minimum atomic E-state index is -2.17. The van der Waals surface area contributed by atoms with Crippen molar-refractivity contribution in [3.05, 3.63) is 60.2 Å². The van der Waals surface area contributed by atoms with Crippen molar-refractivity contribution in [3.8, 4) is 0 Å². The zero-order chi connectivity index (χ0) is 22.8. The topological polar surface area (TPSA) is 173 Å². The molecular weight excluding hydrogens is 407 g/mol. The van der Waals surface area contributed by atoms with E-state index in [1.54, 1.807) is 0 Å². The largest absolute Gasteiger partial charge is 0.631 e. The maximum Gasteiger partial charge on any atom is 0.631 e. The number of carbonyl (C=O) groups is 3. The summed E-state index contributed by atoms with van der Waals surface area (Å²) in [6, 6.07) is 7.51. The predicted molar refractivity (Wildman–Crippen MR) is 108 cm³/mol. The van der Waals surface area contributed by atoms with Crippen LogP contribution in [-0.4, -0.2) is 78.8 Å². The van der Waals surface area contributed by atoms with Crippen LogP contribution in [0, 0.1) is 0 Å². The van der Waals surface area contributed by atoms with E-state index >= 15 is 0 Å². The lowest BCUT2D eigenvalue weighted by Gasteiger charge is -2.27. The molecule has 1 unspecified atom stereocenters. The SMILES string of the molecule is O=C(NC(Cc1ccccc1)C(=O)N1CCC[C@H]1C(=O)O)c1cnccn1.OB(O)O. The summed E-state index contributed by atoms with van der Waals surface area (Å²) in [5.41, 5.74) is 0.959. The van der Waals surface area contributed by atoms with Gasteiger partial charge in [-0.25, -0.2) is 9.78 Å². The van der Waals surface area contributed by atoms with Crippen molar-refractivity contribution in [2.45, 2.75) is 31.3 Å². The van der Waals surface area contributed by atoms with Crippen LogP contribution in [0.5, 0.6) is 0 Å². The monoisotopic (exact) mass is 430 g/mol. The fourth-order valence-electron chi connectivity index (χ4n) is 3.19. The molecular formula is C19H23BN4O7. The number of nitrogens with one attached hydrogen (secondary N) is 1. The van der Waals surface area contributed by atoms with Gasteiger partial charge in [0.05, 0.1) is 6.20 Å². The van der Waals surface area contributed by atoms with Gasteiger partial charge in [0, 0.05) is 25.4 Å². The Bertz CT molecular complexity index is 867. The Labute approximate surface area is 178 Å². The normalized spacial score (nSPS) is 16.0.